The second-order valence-corrected chi connectivity index (χ2v) is 5.89. The fourth-order valence-electron chi connectivity index (χ4n) is 2.63. The highest BCUT2D eigenvalue weighted by Gasteiger charge is 2.24. The topological polar surface area (TPSA) is 64.5 Å². The van der Waals surface area contributed by atoms with Crippen LogP contribution in [0.15, 0.2) is 18.3 Å². The number of nitrogens with zero attached hydrogens (tertiary/aromatic N) is 2. The van der Waals surface area contributed by atoms with Gasteiger partial charge in [-0.05, 0) is 12.1 Å². The van der Waals surface area contributed by atoms with Crippen LogP contribution in [0.1, 0.15) is 12.0 Å². The Kier molecular flexibility index (Phi) is 3.12. The van der Waals surface area contributed by atoms with Crippen molar-refractivity contribution in [1.29, 1.82) is 0 Å². The van der Waals surface area contributed by atoms with Crippen molar-refractivity contribution in [3.63, 3.8) is 0 Å². The first kappa shape index (κ1) is 12.8. The molecule has 5 nitrogen and oxygen atoms in total. The quantitative estimate of drug-likeness (QED) is 0.750. The summed E-state index contributed by atoms with van der Waals surface area (Å²) in [6, 6.07) is 4.03. The zero-order valence-electron chi connectivity index (χ0n) is 11.3. The number of aliphatic hydroxyl groups is 1. The maximum atomic E-state index is 8.89. The van der Waals surface area contributed by atoms with Crippen molar-refractivity contribution < 1.29 is 14.6 Å². The van der Waals surface area contributed by atoms with Gasteiger partial charge in [-0.2, -0.15) is 4.98 Å². The van der Waals surface area contributed by atoms with E-state index in [-0.39, 0.29) is 6.61 Å². The molecule has 0 fully saturated rings. The lowest BCUT2D eigenvalue weighted by atomic mass is 10.1. The number of ether oxygens (including phenoxy) is 2. The standard InChI is InChI=1S/C15H14N2O3S/c18-6-2-7-19-14-12-11(9-4-8-20-13(9)17-14)10-3-1-5-16-15(10)21-12/h1,3,5,18H,2,4,6-8H2. The van der Waals surface area contributed by atoms with Gasteiger partial charge in [-0.3, -0.25) is 0 Å². The van der Waals surface area contributed by atoms with Gasteiger partial charge in [0, 0.05) is 42.0 Å². The number of aliphatic hydroxyl groups excluding tert-OH is 1. The zero-order valence-corrected chi connectivity index (χ0v) is 12.2. The molecule has 0 aromatic carbocycles. The van der Waals surface area contributed by atoms with Gasteiger partial charge in [0.1, 0.15) is 4.83 Å². The van der Waals surface area contributed by atoms with E-state index in [0.717, 1.165) is 32.3 Å². The van der Waals surface area contributed by atoms with E-state index >= 15 is 0 Å². The first-order chi connectivity index (χ1) is 10.4. The molecule has 0 amide bonds. The van der Waals surface area contributed by atoms with E-state index in [1.807, 2.05) is 6.07 Å². The highest BCUT2D eigenvalue weighted by molar-refractivity contribution is 7.25. The van der Waals surface area contributed by atoms with Crippen LogP contribution in [0.5, 0.6) is 11.8 Å². The molecule has 3 aromatic rings. The Morgan fingerprint density at radius 1 is 1.43 bits per heavy atom. The molecular formula is C15H14N2O3S. The molecule has 108 valence electrons. The van der Waals surface area contributed by atoms with Crippen LogP contribution < -0.4 is 9.47 Å². The Hall–Kier alpha value is -1.92. The molecule has 3 aromatic heterocycles. The fraction of sp³-hybridized carbons (Fsp3) is 0.333. The van der Waals surface area contributed by atoms with E-state index in [1.54, 1.807) is 17.5 Å². The Morgan fingerprint density at radius 2 is 2.38 bits per heavy atom. The maximum absolute atomic E-state index is 8.89. The molecule has 4 rings (SSSR count). The van der Waals surface area contributed by atoms with Crippen molar-refractivity contribution >= 4 is 31.6 Å². The maximum Gasteiger partial charge on any atom is 0.235 e. The fourth-order valence-corrected chi connectivity index (χ4v) is 3.75. The average molecular weight is 302 g/mol. The number of thiophene rings is 1. The minimum atomic E-state index is 0.110. The number of pyridine rings is 2. The van der Waals surface area contributed by atoms with Crippen molar-refractivity contribution in [3.05, 3.63) is 23.9 Å². The molecule has 0 saturated heterocycles. The number of hydrogen-bond acceptors (Lipinski definition) is 6. The van der Waals surface area contributed by atoms with Crippen LogP contribution >= 0.6 is 11.3 Å². The van der Waals surface area contributed by atoms with Gasteiger partial charge < -0.3 is 14.6 Å². The molecule has 0 atom stereocenters. The minimum absolute atomic E-state index is 0.110. The molecule has 0 unspecified atom stereocenters. The minimum Gasteiger partial charge on any atom is -0.477 e. The Labute approximate surface area is 125 Å². The molecule has 6 heteroatoms. The van der Waals surface area contributed by atoms with E-state index in [2.05, 4.69) is 16.0 Å². The summed E-state index contributed by atoms with van der Waals surface area (Å²) in [4.78, 5) is 9.93. The molecule has 0 spiro atoms. The van der Waals surface area contributed by atoms with Gasteiger partial charge in [-0.1, -0.05) is 0 Å². The lowest BCUT2D eigenvalue weighted by Crippen LogP contribution is -2.02. The summed E-state index contributed by atoms with van der Waals surface area (Å²) in [7, 11) is 0. The largest absolute Gasteiger partial charge is 0.477 e. The molecule has 1 aliphatic heterocycles. The number of aromatic nitrogens is 2. The van der Waals surface area contributed by atoms with E-state index in [4.69, 9.17) is 14.6 Å². The molecule has 0 radical (unpaired) electrons. The van der Waals surface area contributed by atoms with E-state index in [1.165, 1.54) is 0 Å². The molecule has 0 saturated carbocycles. The third kappa shape index (κ3) is 2.02. The highest BCUT2D eigenvalue weighted by atomic mass is 32.1. The van der Waals surface area contributed by atoms with Crippen LogP contribution in [0, 0.1) is 0 Å². The van der Waals surface area contributed by atoms with Gasteiger partial charge in [0.15, 0.2) is 0 Å². The smallest absolute Gasteiger partial charge is 0.235 e. The van der Waals surface area contributed by atoms with Gasteiger partial charge in [-0.15, -0.1) is 11.3 Å². The van der Waals surface area contributed by atoms with Crippen molar-refractivity contribution in [1.82, 2.24) is 9.97 Å². The van der Waals surface area contributed by atoms with Gasteiger partial charge in [-0.25, -0.2) is 4.98 Å². The van der Waals surface area contributed by atoms with Gasteiger partial charge in [0.2, 0.25) is 11.8 Å². The Balaban J connectivity index is 1.95. The van der Waals surface area contributed by atoms with E-state index in [0.29, 0.717) is 31.4 Å². The lowest BCUT2D eigenvalue weighted by Gasteiger charge is -2.08. The van der Waals surface area contributed by atoms with Crippen LogP contribution in [0.3, 0.4) is 0 Å². The van der Waals surface area contributed by atoms with E-state index in [9.17, 15) is 0 Å². The summed E-state index contributed by atoms with van der Waals surface area (Å²) in [6.45, 7) is 1.22. The summed E-state index contributed by atoms with van der Waals surface area (Å²) < 4.78 is 12.4. The van der Waals surface area contributed by atoms with Crippen molar-refractivity contribution in [3.8, 4) is 11.8 Å². The molecule has 0 bridgehead atoms. The zero-order chi connectivity index (χ0) is 14.2. The monoisotopic (exact) mass is 302 g/mol. The third-order valence-electron chi connectivity index (χ3n) is 3.56. The summed E-state index contributed by atoms with van der Waals surface area (Å²) in [5.74, 6) is 1.26. The van der Waals surface area contributed by atoms with Crippen molar-refractivity contribution in [2.45, 2.75) is 12.8 Å². The lowest BCUT2D eigenvalue weighted by molar-refractivity contribution is 0.229. The predicted molar refractivity (Wildman–Crippen MR) is 81.3 cm³/mol. The normalized spacial score (nSPS) is 13.6. The molecule has 4 heterocycles. The first-order valence-electron chi connectivity index (χ1n) is 6.95. The molecule has 1 aliphatic rings. The molecule has 1 N–H and O–H groups in total. The predicted octanol–water partition coefficient (Wildman–Crippen LogP) is 2.54. The SMILES string of the molecule is OCCCOc1nc2c(c3c1sc1ncccc13)CCO2. The van der Waals surface area contributed by atoms with Crippen LogP contribution in [0.25, 0.3) is 20.3 Å². The van der Waals surface area contributed by atoms with Crippen molar-refractivity contribution in [2.24, 2.45) is 0 Å². The Morgan fingerprint density at radius 3 is 3.29 bits per heavy atom. The summed E-state index contributed by atoms with van der Waals surface area (Å²) >= 11 is 1.60. The number of rotatable bonds is 4. The van der Waals surface area contributed by atoms with Gasteiger partial charge in [0.25, 0.3) is 0 Å². The third-order valence-corrected chi connectivity index (χ3v) is 4.66. The second kappa shape index (κ2) is 5.13. The summed E-state index contributed by atoms with van der Waals surface area (Å²) in [5, 5.41) is 11.2. The van der Waals surface area contributed by atoms with Crippen LogP contribution in [0.2, 0.25) is 0 Å². The van der Waals surface area contributed by atoms with Crippen LogP contribution in [-0.4, -0.2) is 34.9 Å². The summed E-state index contributed by atoms with van der Waals surface area (Å²) in [6.07, 6.45) is 3.26. The second-order valence-electron chi connectivity index (χ2n) is 4.89. The van der Waals surface area contributed by atoms with Gasteiger partial charge in [0.05, 0.1) is 17.9 Å². The number of fused-ring (bicyclic) bond motifs is 5. The van der Waals surface area contributed by atoms with Crippen LogP contribution in [-0.2, 0) is 6.42 Å². The molecular weight excluding hydrogens is 288 g/mol. The molecule has 0 aliphatic carbocycles. The molecule has 21 heavy (non-hydrogen) atoms. The Bertz CT molecular complexity index is 815. The van der Waals surface area contributed by atoms with Crippen LogP contribution in [0.4, 0.5) is 0 Å². The summed E-state index contributed by atoms with van der Waals surface area (Å²) in [5.41, 5.74) is 1.15. The average Bonchev–Trinajstić information content (AvgIpc) is 3.10. The van der Waals surface area contributed by atoms with Crippen molar-refractivity contribution in [2.75, 3.05) is 19.8 Å². The number of hydrogen-bond donors (Lipinski definition) is 1. The first-order valence-corrected chi connectivity index (χ1v) is 7.76. The van der Waals surface area contributed by atoms with Gasteiger partial charge >= 0.3 is 0 Å². The highest BCUT2D eigenvalue weighted by Crippen LogP contribution is 2.44. The van der Waals surface area contributed by atoms with E-state index < -0.39 is 0 Å².